The van der Waals surface area contributed by atoms with Gasteiger partial charge in [0.1, 0.15) is 0 Å². The summed E-state index contributed by atoms with van der Waals surface area (Å²) < 4.78 is 28.9. The molecular formula is C17H20N2O2S. The van der Waals surface area contributed by atoms with Gasteiger partial charge in [-0.15, -0.1) is 0 Å². The van der Waals surface area contributed by atoms with Crippen molar-refractivity contribution in [2.45, 2.75) is 19.4 Å². The minimum absolute atomic E-state index is 0.275. The fourth-order valence-electron chi connectivity index (χ4n) is 3.09. The van der Waals surface area contributed by atoms with E-state index in [0.717, 1.165) is 17.5 Å². The van der Waals surface area contributed by atoms with Crippen LogP contribution in [-0.2, 0) is 16.6 Å². The fourth-order valence-corrected chi connectivity index (χ4v) is 4.17. The van der Waals surface area contributed by atoms with Gasteiger partial charge in [-0.3, -0.25) is 0 Å². The van der Waals surface area contributed by atoms with Gasteiger partial charge >= 0.3 is 0 Å². The highest BCUT2D eigenvalue weighted by atomic mass is 32.2. The van der Waals surface area contributed by atoms with Gasteiger partial charge in [0, 0.05) is 13.6 Å². The summed E-state index contributed by atoms with van der Waals surface area (Å²) in [7, 11) is -2.03. The van der Waals surface area contributed by atoms with Crippen LogP contribution in [0.1, 0.15) is 28.3 Å². The molecule has 1 atom stereocenters. The molecule has 2 aromatic carbocycles. The molecule has 2 aromatic rings. The predicted octanol–water partition coefficient (Wildman–Crippen LogP) is 2.41. The summed E-state index contributed by atoms with van der Waals surface area (Å²) in [5.41, 5.74) is 4.50. The first-order valence-electron chi connectivity index (χ1n) is 7.37. The second-order valence-corrected chi connectivity index (χ2v) is 7.41. The molecule has 1 unspecified atom stereocenters. The van der Waals surface area contributed by atoms with Gasteiger partial charge in [0.25, 0.3) is 10.2 Å². The molecule has 0 saturated carbocycles. The zero-order chi connectivity index (χ0) is 15.7. The molecule has 3 rings (SSSR count). The Morgan fingerprint density at radius 1 is 1.14 bits per heavy atom. The van der Waals surface area contributed by atoms with Crippen molar-refractivity contribution in [2.24, 2.45) is 0 Å². The van der Waals surface area contributed by atoms with Crippen molar-refractivity contribution < 1.29 is 8.42 Å². The lowest BCUT2D eigenvalue weighted by Crippen LogP contribution is -2.45. The third-order valence-electron chi connectivity index (χ3n) is 4.16. The molecule has 1 heterocycles. The summed E-state index contributed by atoms with van der Waals surface area (Å²) in [5, 5.41) is 0. The molecule has 1 N–H and O–H groups in total. The SMILES string of the molecule is CNS(=O)(=O)N1CCc2cc(C)ccc2C1c1ccccc1. The summed E-state index contributed by atoms with van der Waals surface area (Å²) >= 11 is 0. The van der Waals surface area contributed by atoms with E-state index in [-0.39, 0.29) is 6.04 Å². The Morgan fingerprint density at radius 2 is 1.86 bits per heavy atom. The lowest BCUT2D eigenvalue weighted by Gasteiger charge is -2.36. The summed E-state index contributed by atoms with van der Waals surface area (Å²) in [6, 6.07) is 15.8. The van der Waals surface area contributed by atoms with E-state index in [1.807, 2.05) is 36.4 Å². The average molecular weight is 316 g/mol. The molecule has 0 aliphatic carbocycles. The predicted molar refractivity (Wildman–Crippen MR) is 87.9 cm³/mol. The number of nitrogens with zero attached hydrogens (tertiary/aromatic N) is 1. The molecule has 0 aromatic heterocycles. The van der Waals surface area contributed by atoms with Crippen LogP contribution in [0.2, 0.25) is 0 Å². The summed E-state index contributed by atoms with van der Waals surface area (Å²) in [6.07, 6.45) is 0.737. The highest BCUT2D eigenvalue weighted by molar-refractivity contribution is 7.87. The molecule has 116 valence electrons. The van der Waals surface area contributed by atoms with E-state index in [9.17, 15) is 8.42 Å². The normalized spacial score (nSPS) is 18.9. The highest BCUT2D eigenvalue weighted by Gasteiger charge is 2.35. The first-order chi connectivity index (χ1) is 10.5. The monoisotopic (exact) mass is 316 g/mol. The van der Waals surface area contributed by atoms with Crippen LogP contribution in [0.5, 0.6) is 0 Å². The Morgan fingerprint density at radius 3 is 2.55 bits per heavy atom. The molecule has 0 bridgehead atoms. The van der Waals surface area contributed by atoms with Gasteiger partial charge in [-0.25, -0.2) is 4.72 Å². The summed E-state index contributed by atoms with van der Waals surface area (Å²) in [4.78, 5) is 0. The third-order valence-corrected chi connectivity index (χ3v) is 5.69. The maximum atomic E-state index is 12.4. The number of fused-ring (bicyclic) bond motifs is 1. The van der Waals surface area contributed by atoms with Gasteiger partial charge in [-0.1, -0.05) is 54.1 Å². The molecule has 0 spiro atoms. The van der Waals surface area contributed by atoms with Gasteiger partial charge in [0.2, 0.25) is 0 Å². The molecule has 0 saturated heterocycles. The van der Waals surface area contributed by atoms with E-state index in [0.29, 0.717) is 6.54 Å². The molecule has 1 aliphatic rings. The zero-order valence-corrected chi connectivity index (χ0v) is 13.6. The maximum absolute atomic E-state index is 12.4. The van der Waals surface area contributed by atoms with E-state index < -0.39 is 10.2 Å². The minimum atomic E-state index is -3.49. The lowest BCUT2D eigenvalue weighted by atomic mass is 9.89. The number of hydrogen-bond acceptors (Lipinski definition) is 2. The van der Waals surface area contributed by atoms with E-state index >= 15 is 0 Å². The van der Waals surface area contributed by atoms with E-state index in [2.05, 4.69) is 23.8 Å². The zero-order valence-electron chi connectivity index (χ0n) is 12.8. The Kier molecular flexibility index (Phi) is 4.04. The van der Waals surface area contributed by atoms with Crippen LogP contribution in [0.25, 0.3) is 0 Å². The summed E-state index contributed by atoms with van der Waals surface area (Å²) in [5.74, 6) is 0. The number of aryl methyl sites for hydroxylation is 1. The van der Waals surface area contributed by atoms with Crippen molar-refractivity contribution in [2.75, 3.05) is 13.6 Å². The van der Waals surface area contributed by atoms with Crippen molar-refractivity contribution in [1.29, 1.82) is 0 Å². The smallest absolute Gasteiger partial charge is 0.205 e. The largest absolute Gasteiger partial charge is 0.280 e. The number of benzene rings is 2. The number of hydrogen-bond donors (Lipinski definition) is 1. The Hall–Kier alpha value is -1.69. The molecule has 4 nitrogen and oxygen atoms in total. The van der Waals surface area contributed by atoms with Crippen LogP contribution < -0.4 is 4.72 Å². The van der Waals surface area contributed by atoms with Crippen molar-refractivity contribution in [3.63, 3.8) is 0 Å². The minimum Gasteiger partial charge on any atom is -0.205 e. The molecule has 0 fully saturated rings. The second kappa shape index (κ2) is 5.83. The molecule has 0 radical (unpaired) electrons. The Labute approximate surface area is 132 Å². The summed E-state index contributed by atoms with van der Waals surface area (Å²) in [6.45, 7) is 2.55. The van der Waals surface area contributed by atoms with E-state index in [4.69, 9.17) is 0 Å². The van der Waals surface area contributed by atoms with E-state index in [1.165, 1.54) is 18.2 Å². The molecule has 5 heteroatoms. The van der Waals surface area contributed by atoms with E-state index in [1.54, 1.807) is 4.31 Å². The topological polar surface area (TPSA) is 49.4 Å². The molecule has 1 aliphatic heterocycles. The van der Waals surface area contributed by atoms with Gasteiger partial charge in [0.05, 0.1) is 6.04 Å². The highest BCUT2D eigenvalue weighted by Crippen LogP contribution is 2.36. The van der Waals surface area contributed by atoms with Crippen LogP contribution in [-0.4, -0.2) is 26.3 Å². The maximum Gasteiger partial charge on any atom is 0.280 e. The van der Waals surface area contributed by atoms with Crippen LogP contribution in [0.3, 0.4) is 0 Å². The first-order valence-corrected chi connectivity index (χ1v) is 8.81. The van der Waals surface area contributed by atoms with Crippen molar-refractivity contribution in [1.82, 2.24) is 9.03 Å². The van der Waals surface area contributed by atoms with Crippen molar-refractivity contribution in [3.05, 3.63) is 70.8 Å². The van der Waals surface area contributed by atoms with Gasteiger partial charge in [-0.05, 0) is 30.0 Å². The molecule has 22 heavy (non-hydrogen) atoms. The van der Waals surface area contributed by atoms with Crippen LogP contribution in [0, 0.1) is 6.92 Å². The quantitative estimate of drug-likeness (QED) is 0.945. The van der Waals surface area contributed by atoms with Gasteiger partial charge in [0.15, 0.2) is 0 Å². The van der Waals surface area contributed by atoms with Crippen LogP contribution in [0.15, 0.2) is 48.5 Å². The average Bonchev–Trinajstić information content (AvgIpc) is 2.54. The Bertz CT molecular complexity index is 773. The van der Waals surface area contributed by atoms with Crippen molar-refractivity contribution in [3.8, 4) is 0 Å². The molecular weight excluding hydrogens is 296 g/mol. The van der Waals surface area contributed by atoms with Crippen molar-refractivity contribution >= 4 is 10.2 Å². The van der Waals surface area contributed by atoms with Gasteiger partial charge in [-0.2, -0.15) is 12.7 Å². The fraction of sp³-hybridized carbons (Fsp3) is 0.294. The third kappa shape index (κ3) is 2.67. The second-order valence-electron chi connectivity index (χ2n) is 5.59. The Balaban J connectivity index is 2.17. The van der Waals surface area contributed by atoms with Gasteiger partial charge < -0.3 is 0 Å². The lowest BCUT2D eigenvalue weighted by molar-refractivity contribution is 0.340. The first kappa shape index (κ1) is 15.2. The number of nitrogens with one attached hydrogen (secondary N) is 1. The molecule has 0 amide bonds. The van der Waals surface area contributed by atoms with Crippen LogP contribution >= 0.6 is 0 Å². The van der Waals surface area contributed by atoms with Crippen LogP contribution in [0.4, 0.5) is 0 Å². The standard InChI is InChI=1S/C17H20N2O2S/c1-13-8-9-16-15(12-13)10-11-19(22(20,21)18-2)17(16)14-6-4-3-5-7-14/h3-9,12,17-18H,10-11H2,1-2H3. The number of rotatable bonds is 3.